The lowest BCUT2D eigenvalue weighted by molar-refractivity contribution is -0.127. The molecule has 0 radical (unpaired) electrons. The third-order valence-electron chi connectivity index (χ3n) is 5.43. The van der Waals surface area contributed by atoms with E-state index in [-0.39, 0.29) is 23.7 Å². The molecule has 1 aromatic carbocycles. The zero-order chi connectivity index (χ0) is 24.0. The third-order valence-corrected chi connectivity index (χ3v) is 5.43. The Morgan fingerprint density at radius 1 is 1.21 bits per heavy atom. The molecule has 0 amide bonds. The topological polar surface area (TPSA) is 131 Å². The zero-order valence-corrected chi connectivity index (χ0v) is 18.5. The molecule has 2 heterocycles. The molecule has 0 saturated carbocycles. The van der Waals surface area contributed by atoms with E-state index in [0.29, 0.717) is 24.5 Å². The predicted octanol–water partition coefficient (Wildman–Crippen LogP) is 2.11. The fourth-order valence-corrected chi connectivity index (χ4v) is 3.24. The van der Waals surface area contributed by atoms with Crippen molar-refractivity contribution in [2.24, 2.45) is 5.92 Å². The molecule has 0 saturated heterocycles. The van der Waals surface area contributed by atoms with E-state index in [1.807, 2.05) is 4.57 Å². The summed E-state index contributed by atoms with van der Waals surface area (Å²) in [6.45, 7) is 4.25. The number of hydrogen-bond acceptors (Lipinski definition) is 8. The number of cyclic esters (lactones) is 1. The molecule has 4 atom stereocenters. The smallest absolute Gasteiger partial charge is 0.342 e. The molecule has 0 aliphatic carbocycles. The highest BCUT2D eigenvalue weighted by Gasteiger charge is 2.25. The maximum atomic E-state index is 12.9. The Balaban J connectivity index is 1.89. The number of rotatable bonds is 4. The highest BCUT2D eigenvalue weighted by Crippen LogP contribution is 2.31. The summed E-state index contributed by atoms with van der Waals surface area (Å²) in [5, 5.41) is 30.8. The lowest BCUT2D eigenvalue weighted by Gasteiger charge is -2.20. The highest BCUT2D eigenvalue weighted by atomic mass is 16.5. The van der Waals surface area contributed by atoms with Gasteiger partial charge >= 0.3 is 5.97 Å². The van der Waals surface area contributed by atoms with Gasteiger partial charge in [0.05, 0.1) is 19.0 Å². The van der Waals surface area contributed by atoms with Crippen LogP contribution in [-0.4, -0.2) is 61.5 Å². The number of esters is 1. The molecule has 3 rings (SSSR count). The first-order valence-electron chi connectivity index (χ1n) is 10.7. The molecule has 3 N–H and O–H groups in total. The largest absolute Gasteiger partial charge is 0.507 e. The summed E-state index contributed by atoms with van der Waals surface area (Å²) in [7, 11) is 0. The number of nitrogens with zero attached hydrogens (tertiary/aromatic N) is 2. The monoisotopic (exact) mass is 456 g/mol. The van der Waals surface area contributed by atoms with Crippen LogP contribution in [0.2, 0.25) is 0 Å². The lowest BCUT2D eigenvalue weighted by atomic mass is 9.99. The van der Waals surface area contributed by atoms with Gasteiger partial charge in [-0.2, -0.15) is 0 Å². The highest BCUT2D eigenvalue weighted by molar-refractivity contribution is 5.97. The van der Waals surface area contributed by atoms with E-state index in [1.54, 1.807) is 38.6 Å². The van der Waals surface area contributed by atoms with Gasteiger partial charge in [-0.05, 0) is 31.1 Å². The zero-order valence-electron chi connectivity index (χ0n) is 18.5. The molecule has 9 heteroatoms. The third kappa shape index (κ3) is 6.30. The van der Waals surface area contributed by atoms with Gasteiger partial charge in [-0.1, -0.05) is 25.2 Å². The van der Waals surface area contributed by atoms with Gasteiger partial charge in [-0.25, -0.2) is 9.78 Å². The van der Waals surface area contributed by atoms with Crippen molar-refractivity contribution in [3.63, 3.8) is 0 Å². The Kier molecular flexibility index (Phi) is 8.02. The van der Waals surface area contributed by atoms with Crippen molar-refractivity contribution in [2.45, 2.75) is 45.1 Å². The summed E-state index contributed by atoms with van der Waals surface area (Å²) < 4.78 is 13.1. The van der Waals surface area contributed by atoms with Crippen LogP contribution in [0, 0.1) is 5.92 Å². The molecule has 1 aromatic heterocycles. The molecule has 9 nitrogen and oxygen atoms in total. The molecule has 1 aliphatic heterocycles. The summed E-state index contributed by atoms with van der Waals surface area (Å²) in [6, 6.07) is 2.92. The van der Waals surface area contributed by atoms with Crippen LogP contribution in [0.1, 0.15) is 36.2 Å². The number of fused-ring (bicyclic) bond motifs is 1. The van der Waals surface area contributed by atoms with E-state index >= 15 is 0 Å². The minimum Gasteiger partial charge on any atom is -0.507 e. The molecule has 0 spiro atoms. The van der Waals surface area contributed by atoms with Crippen LogP contribution in [0.25, 0.3) is 6.08 Å². The van der Waals surface area contributed by atoms with Crippen molar-refractivity contribution in [1.29, 1.82) is 0 Å². The Labute approximate surface area is 191 Å². The number of aromatic nitrogens is 2. The van der Waals surface area contributed by atoms with Gasteiger partial charge in [0, 0.05) is 24.4 Å². The molecule has 176 valence electrons. The normalized spacial score (nSPS) is 26.1. The average Bonchev–Trinajstić information content (AvgIpc) is 3.29. The van der Waals surface area contributed by atoms with Crippen molar-refractivity contribution in [2.75, 3.05) is 6.61 Å². The number of aromatic hydroxyl groups is 1. The van der Waals surface area contributed by atoms with Crippen molar-refractivity contribution in [3.8, 4) is 11.5 Å². The number of aliphatic hydroxyl groups excluding tert-OH is 2. The van der Waals surface area contributed by atoms with Crippen molar-refractivity contribution >= 4 is 17.8 Å². The summed E-state index contributed by atoms with van der Waals surface area (Å²) in [5.41, 5.74) is 0.275. The van der Waals surface area contributed by atoms with Gasteiger partial charge in [0.15, 0.2) is 5.78 Å². The van der Waals surface area contributed by atoms with Crippen LogP contribution < -0.4 is 4.74 Å². The lowest BCUT2D eigenvalue weighted by Crippen LogP contribution is -2.32. The van der Waals surface area contributed by atoms with Crippen molar-refractivity contribution < 1.29 is 34.4 Å². The number of hydrogen-bond donors (Lipinski definition) is 3. The summed E-state index contributed by atoms with van der Waals surface area (Å²) >= 11 is 0. The summed E-state index contributed by atoms with van der Waals surface area (Å²) in [6.07, 6.45) is 7.24. The number of phenols is 1. The van der Waals surface area contributed by atoms with Crippen LogP contribution in [0.3, 0.4) is 0 Å². The Hall–Kier alpha value is -3.43. The Bertz CT molecular complexity index is 1030. The van der Waals surface area contributed by atoms with E-state index in [2.05, 4.69) is 4.98 Å². The average molecular weight is 456 g/mol. The Morgan fingerprint density at radius 3 is 2.73 bits per heavy atom. The van der Waals surface area contributed by atoms with Gasteiger partial charge < -0.3 is 29.4 Å². The quantitative estimate of drug-likeness (QED) is 0.596. The molecular weight excluding hydrogens is 428 g/mol. The summed E-state index contributed by atoms with van der Waals surface area (Å²) in [4.78, 5) is 28.9. The van der Waals surface area contributed by atoms with E-state index < -0.39 is 30.1 Å². The molecular formula is C24H28N2O7. The number of carbonyl (C=O) groups excluding carboxylic acids is 2. The standard InChI is InChI=1S/C24H28N2O7/c1-15-6-7-20(28)23(30)19(27)5-3-4-17-12-18(32-11-10-26-9-8-25-14-26)13-21(29)22(17)24(31)33-16(15)2/h3-4,6-9,12-16,19,23,27,29-30H,5,10-11H2,1-2H3/b4-3+,7-6-/t15-,16+,19+,23+/m1/s1. The van der Waals surface area contributed by atoms with Gasteiger partial charge in [-0.3, -0.25) is 4.79 Å². The van der Waals surface area contributed by atoms with E-state index in [1.165, 1.54) is 30.4 Å². The second-order valence-corrected chi connectivity index (χ2v) is 7.94. The maximum absolute atomic E-state index is 12.9. The first-order chi connectivity index (χ1) is 15.8. The number of carbonyl (C=O) groups is 2. The van der Waals surface area contributed by atoms with Crippen LogP contribution >= 0.6 is 0 Å². The molecule has 0 fully saturated rings. The SMILES string of the molecule is C[C@@H]1/C=C\C(=O)[C@@H](O)[C@@H](O)C/C=C/c2cc(OCCn3ccnc3)cc(O)c2C(=O)O[C@H]1C. The number of ether oxygens (including phenoxy) is 2. The number of aliphatic hydroxyl groups is 2. The van der Waals surface area contributed by atoms with Crippen LogP contribution in [0.5, 0.6) is 11.5 Å². The van der Waals surface area contributed by atoms with Gasteiger partial charge in [0.25, 0.3) is 0 Å². The van der Waals surface area contributed by atoms with Crippen LogP contribution in [0.15, 0.2) is 49.1 Å². The fourth-order valence-electron chi connectivity index (χ4n) is 3.24. The molecule has 2 aromatic rings. The molecule has 33 heavy (non-hydrogen) atoms. The summed E-state index contributed by atoms with van der Waals surface area (Å²) in [5.74, 6) is -1.68. The second kappa shape index (κ2) is 10.9. The van der Waals surface area contributed by atoms with Crippen molar-refractivity contribution in [3.05, 3.63) is 60.2 Å². The van der Waals surface area contributed by atoms with Crippen LogP contribution in [0.4, 0.5) is 0 Å². The van der Waals surface area contributed by atoms with E-state index in [0.717, 1.165) is 0 Å². The van der Waals surface area contributed by atoms with Gasteiger partial charge in [0.2, 0.25) is 0 Å². The minimum atomic E-state index is -1.58. The first-order valence-corrected chi connectivity index (χ1v) is 10.7. The van der Waals surface area contributed by atoms with Gasteiger partial charge in [0.1, 0.15) is 35.9 Å². The number of imidazole rings is 1. The maximum Gasteiger partial charge on any atom is 0.342 e. The first kappa shape index (κ1) is 24.2. The predicted molar refractivity (Wildman–Crippen MR) is 120 cm³/mol. The van der Waals surface area contributed by atoms with E-state index in [4.69, 9.17) is 9.47 Å². The number of benzene rings is 1. The molecule has 1 aliphatic rings. The van der Waals surface area contributed by atoms with Crippen molar-refractivity contribution in [1.82, 2.24) is 9.55 Å². The van der Waals surface area contributed by atoms with Gasteiger partial charge in [-0.15, -0.1) is 0 Å². The Morgan fingerprint density at radius 2 is 2.00 bits per heavy atom. The number of ketones is 1. The van der Waals surface area contributed by atoms with E-state index in [9.17, 15) is 24.9 Å². The molecule has 0 unspecified atom stereocenters. The second-order valence-electron chi connectivity index (χ2n) is 7.94. The van der Waals surface area contributed by atoms with Crippen LogP contribution in [-0.2, 0) is 16.1 Å². The fraction of sp³-hybridized carbons (Fsp3) is 0.375. The minimum absolute atomic E-state index is 0.0422. The molecule has 0 bridgehead atoms. The number of phenolic OH excluding ortho intramolecular Hbond substituents is 1.